The normalized spacial score (nSPS) is 12.2. The van der Waals surface area contributed by atoms with E-state index in [4.69, 9.17) is 14.2 Å². The second-order valence-electron chi connectivity index (χ2n) is 24.9. The Labute approximate surface area is 506 Å². The molecular weight excluding hydrogens is 997 g/mol. The number of unbranched alkanes of at least 4 members (excludes halogenated alkanes) is 51. The fourth-order valence-corrected chi connectivity index (χ4v) is 11.1. The molecule has 0 N–H and O–H groups in total. The van der Waals surface area contributed by atoms with Gasteiger partial charge in [-0.15, -0.1) is 0 Å². The van der Waals surface area contributed by atoms with Crippen molar-refractivity contribution in [2.75, 3.05) is 13.2 Å². The fourth-order valence-electron chi connectivity index (χ4n) is 11.1. The van der Waals surface area contributed by atoms with E-state index in [0.29, 0.717) is 19.3 Å². The SMILES string of the molecule is CCCCC/C=C\C/C=C\CCCCCCCCCC(=O)OCC(COC(=O)CCCCCCCCCCCCCCC/C=C\CCCCCCCCCC)OC(=O)CCCCCCCCCCCCCCCCCCCCCCC. The highest BCUT2D eigenvalue weighted by molar-refractivity contribution is 5.71. The summed E-state index contributed by atoms with van der Waals surface area (Å²) in [5.41, 5.74) is 0. The lowest BCUT2D eigenvalue weighted by molar-refractivity contribution is -0.167. The summed E-state index contributed by atoms with van der Waals surface area (Å²) in [6.07, 6.45) is 87.5. The number of hydrogen-bond donors (Lipinski definition) is 0. The molecule has 0 aliphatic carbocycles. The Morgan fingerprint density at radius 1 is 0.247 bits per heavy atom. The molecular formula is C75H140O6. The third kappa shape index (κ3) is 68.3. The first kappa shape index (κ1) is 78.6. The third-order valence-electron chi connectivity index (χ3n) is 16.6. The predicted octanol–water partition coefficient (Wildman–Crippen LogP) is 25.1. The number of ether oxygens (including phenoxy) is 3. The van der Waals surface area contributed by atoms with Gasteiger partial charge in [-0.25, -0.2) is 0 Å². The standard InChI is InChI=1S/C75H140O6/c1-4-7-10-13-16-19-22-25-28-31-33-35-36-37-38-40-41-44-47-50-53-56-59-62-65-68-74(77)80-71-72(70-79-73(76)67-64-61-58-55-52-49-46-43-30-27-24-21-18-15-12-9-6-3)81-75(78)69-66-63-60-57-54-51-48-45-42-39-34-32-29-26-23-20-17-14-11-8-5-2/h18,21,27,30-31,33,72H,4-17,19-20,22-26,28-29,32,34-71H2,1-3H3/b21-18-,30-27-,33-31-. The van der Waals surface area contributed by atoms with E-state index >= 15 is 0 Å². The Balaban J connectivity index is 4.28. The van der Waals surface area contributed by atoms with Gasteiger partial charge in [0.05, 0.1) is 0 Å². The fraction of sp³-hybridized carbons (Fsp3) is 0.880. The van der Waals surface area contributed by atoms with E-state index in [9.17, 15) is 14.4 Å². The summed E-state index contributed by atoms with van der Waals surface area (Å²) in [7, 11) is 0. The van der Waals surface area contributed by atoms with Gasteiger partial charge in [0.1, 0.15) is 13.2 Å². The van der Waals surface area contributed by atoms with Gasteiger partial charge in [0.2, 0.25) is 0 Å². The van der Waals surface area contributed by atoms with E-state index in [0.717, 1.165) is 70.6 Å². The van der Waals surface area contributed by atoms with Gasteiger partial charge in [-0.2, -0.15) is 0 Å². The first-order valence-corrected chi connectivity index (χ1v) is 36.5. The average molecular weight is 1140 g/mol. The zero-order valence-corrected chi connectivity index (χ0v) is 54.8. The minimum atomic E-state index is -0.774. The van der Waals surface area contributed by atoms with Crippen LogP contribution >= 0.6 is 0 Å². The number of carbonyl (C=O) groups is 3. The van der Waals surface area contributed by atoms with Gasteiger partial charge < -0.3 is 14.2 Å². The lowest BCUT2D eigenvalue weighted by atomic mass is 10.0. The van der Waals surface area contributed by atoms with E-state index < -0.39 is 6.10 Å². The quantitative estimate of drug-likeness (QED) is 0.0261. The molecule has 0 aliphatic heterocycles. The number of esters is 3. The summed E-state index contributed by atoms with van der Waals surface area (Å²) >= 11 is 0. The molecule has 0 bridgehead atoms. The van der Waals surface area contributed by atoms with Crippen LogP contribution in [0.5, 0.6) is 0 Å². The van der Waals surface area contributed by atoms with Crippen molar-refractivity contribution in [3.63, 3.8) is 0 Å². The molecule has 0 spiro atoms. The summed E-state index contributed by atoms with van der Waals surface area (Å²) in [5.74, 6) is -0.846. The van der Waals surface area contributed by atoms with Crippen LogP contribution in [-0.2, 0) is 28.6 Å². The van der Waals surface area contributed by atoms with Crippen molar-refractivity contribution in [3.05, 3.63) is 36.5 Å². The minimum absolute atomic E-state index is 0.0695. The van der Waals surface area contributed by atoms with Gasteiger partial charge in [-0.05, 0) is 77.0 Å². The Hall–Kier alpha value is -2.37. The van der Waals surface area contributed by atoms with Gasteiger partial charge in [-0.1, -0.05) is 346 Å². The first-order valence-electron chi connectivity index (χ1n) is 36.5. The molecule has 6 nitrogen and oxygen atoms in total. The lowest BCUT2D eigenvalue weighted by Gasteiger charge is -2.18. The van der Waals surface area contributed by atoms with Gasteiger partial charge in [0.15, 0.2) is 6.10 Å². The highest BCUT2D eigenvalue weighted by atomic mass is 16.6. The van der Waals surface area contributed by atoms with Crippen LogP contribution in [0.1, 0.15) is 406 Å². The second-order valence-corrected chi connectivity index (χ2v) is 24.9. The van der Waals surface area contributed by atoms with E-state index in [1.807, 2.05) is 0 Å². The van der Waals surface area contributed by atoms with Gasteiger partial charge in [0.25, 0.3) is 0 Å². The second kappa shape index (κ2) is 70.1. The van der Waals surface area contributed by atoms with Crippen molar-refractivity contribution < 1.29 is 28.6 Å². The molecule has 0 heterocycles. The Kier molecular flexibility index (Phi) is 68.1. The van der Waals surface area contributed by atoms with E-state index in [2.05, 4.69) is 57.2 Å². The Bertz CT molecular complexity index is 1350. The first-order chi connectivity index (χ1) is 40.0. The highest BCUT2D eigenvalue weighted by Crippen LogP contribution is 2.19. The van der Waals surface area contributed by atoms with Crippen molar-refractivity contribution >= 4 is 17.9 Å². The Morgan fingerprint density at radius 3 is 0.716 bits per heavy atom. The Morgan fingerprint density at radius 2 is 0.444 bits per heavy atom. The molecule has 0 aromatic carbocycles. The van der Waals surface area contributed by atoms with Crippen molar-refractivity contribution in [3.8, 4) is 0 Å². The number of allylic oxidation sites excluding steroid dienone is 6. The molecule has 81 heavy (non-hydrogen) atoms. The topological polar surface area (TPSA) is 78.9 Å². The number of rotatable bonds is 68. The molecule has 1 atom stereocenters. The summed E-state index contributed by atoms with van der Waals surface area (Å²) in [6, 6.07) is 0. The predicted molar refractivity (Wildman–Crippen MR) is 353 cm³/mol. The van der Waals surface area contributed by atoms with Crippen LogP contribution in [0.4, 0.5) is 0 Å². The molecule has 0 aromatic heterocycles. The van der Waals surface area contributed by atoms with Crippen molar-refractivity contribution in [1.82, 2.24) is 0 Å². The molecule has 0 saturated heterocycles. The summed E-state index contributed by atoms with van der Waals surface area (Å²) in [5, 5.41) is 0. The molecule has 476 valence electrons. The molecule has 0 saturated carbocycles. The molecule has 0 amide bonds. The van der Waals surface area contributed by atoms with Crippen molar-refractivity contribution in [1.29, 1.82) is 0 Å². The van der Waals surface area contributed by atoms with Crippen LogP contribution in [0.3, 0.4) is 0 Å². The maximum atomic E-state index is 13.0. The molecule has 1 unspecified atom stereocenters. The van der Waals surface area contributed by atoms with Gasteiger partial charge in [-0.3, -0.25) is 14.4 Å². The highest BCUT2D eigenvalue weighted by Gasteiger charge is 2.19. The largest absolute Gasteiger partial charge is 0.462 e. The average Bonchev–Trinajstić information content (AvgIpc) is 3.47. The number of hydrogen-bond acceptors (Lipinski definition) is 6. The van der Waals surface area contributed by atoms with Crippen molar-refractivity contribution in [2.24, 2.45) is 0 Å². The molecule has 6 heteroatoms. The maximum absolute atomic E-state index is 13.0. The summed E-state index contributed by atoms with van der Waals surface area (Å²) < 4.78 is 17.0. The lowest BCUT2D eigenvalue weighted by Crippen LogP contribution is -2.30. The van der Waals surface area contributed by atoms with E-state index in [1.165, 1.54) is 295 Å². The van der Waals surface area contributed by atoms with Crippen LogP contribution in [-0.4, -0.2) is 37.2 Å². The summed E-state index contributed by atoms with van der Waals surface area (Å²) in [4.78, 5) is 38.5. The molecule has 0 aliphatic rings. The minimum Gasteiger partial charge on any atom is -0.462 e. The van der Waals surface area contributed by atoms with E-state index in [-0.39, 0.29) is 31.1 Å². The van der Waals surface area contributed by atoms with Gasteiger partial charge in [0, 0.05) is 19.3 Å². The van der Waals surface area contributed by atoms with Crippen LogP contribution in [0.15, 0.2) is 36.5 Å². The monoisotopic (exact) mass is 1140 g/mol. The van der Waals surface area contributed by atoms with Crippen molar-refractivity contribution in [2.45, 2.75) is 412 Å². The molecule has 0 radical (unpaired) electrons. The molecule has 0 fully saturated rings. The third-order valence-corrected chi connectivity index (χ3v) is 16.6. The maximum Gasteiger partial charge on any atom is 0.306 e. The van der Waals surface area contributed by atoms with Crippen LogP contribution in [0.25, 0.3) is 0 Å². The van der Waals surface area contributed by atoms with Gasteiger partial charge >= 0.3 is 17.9 Å². The van der Waals surface area contributed by atoms with E-state index in [1.54, 1.807) is 0 Å². The molecule has 0 rings (SSSR count). The smallest absolute Gasteiger partial charge is 0.306 e. The zero-order valence-electron chi connectivity index (χ0n) is 54.8. The van der Waals surface area contributed by atoms with Crippen LogP contribution < -0.4 is 0 Å². The number of carbonyl (C=O) groups excluding carboxylic acids is 3. The van der Waals surface area contributed by atoms with Crippen LogP contribution in [0.2, 0.25) is 0 Å². The summed E-state index contributed by atoms with van der Waals surface area (Å²) in [6.45, 7) is 6.69. The zero-order chi connectivity index (χ0) is 58.5. The van der Waals surface area contributed by atoms with Crippen LogP contribution in [0, 0.1) is 0 Å². The molecule has 0 aromatic rings.